The summed E-state index contributed by atoms with van der Waals surface area (Å²) in [5.41, 5.74) is 0.220. The van der Waals surface area contributed by atoms with E-state index in [4.69, 9.17) is 0 Å². The average molecular weight is 347 g/mol. The minimum Gasteiger partial charge on any atom is -0.342 e. The number of halogens is 1. The molecule has 1 aromatic carbocycles. The summed E-state index contributed by atoms with van der Waals surface area (Å²) in [5, 5.41) is 2.67. The van der Waals surface area contributed by atoms with E-state index in [1.54, 1.807) is 18.2 Å². The van der Waals surface area contributed by atoms with Gasteiger partial charge in [0.2, 0.25) is 11.8 Å². The van der Waals surface area contributed by atoms with Crippen molar-refractivity contribution in [3.8, 4) is 0 Å². The van der Waals surface area contributed by atoms with Gasteiger partial charge >= 0.3 is 0 Å². The van der Waals surface area contributed by atoms with Crippen LogP contribution in [0.1, 0.15) is 25.7 Å². The second kappa shape index (κ2) is 7.95. The number of hydrogen-bond donors (Lipinski definition) is 1. The molecule has 3 rings (SSSR count). The molecule has 2 heterocycles. The lowest BCUT2D eigenvalue weighted by Gasteiger charge is -2.36. The molecule has 2 aliphatic heterocycles. The van der Waals surface area contributed by atoms with Gasteiger partial charge in [0.25, 0.3) is 0 Å². The molecule has 136 valence electrons. The van der Waals surface area contributed by atoms with Crippen LogP contribution in [0.4, 0.5) is 10.1 Å². The number of carbonyl (C=O) groups is 2. The first-order chi connectivity index (χ1) is 12.0. The van der Waals surface area contributed by atoms with E-state index >= 15 is 0 Å². The predicted molar refractivity (Wildman–Crippen MR) is 94.6 cm³/mol. The van der Waals surface area contributed by atoms with Gasteiger partial charge in [-0.25, -0.2) is 4.39 Å². The molecule has 0 unspecified atom stereocenters. The van der Waals surface area contributed by atoms with Gasteiger partial charge in [-0.05, 0) is 58.0 Å². The number of likely N-dealkylation sites (tertiary alicyclic amines) is 2. The number of rotatable bonds is 3. The first-order valence-electron chi connectivity index (χ1n) is 9.07. The second-order valence-electron chi connectivity index (χ2n) is 7.15. The monoisotopic (exact) mass is 347 g/mol. The highest BCUT2D eigenvalue weighted by Crippen LogP contribution is 2.24. The van der Waals surface area contributed by atoms with Crippen LogP contribution in [-0.2, 0) is 9.59 Å². The zero-order valence-corrected chi connectivity index (χ0v) is 14.7. The molecule has 5 nitrogen and oxygen atoms in total. The molecule has 6 heteroatoms. The fourth-order valence-corrected chi connectivity index (χ4v) is 3.67. The van der Waals surface area contributed by atoms with E-state index in [9.17, 15) is 14.0 Å². The Bertz CT molecular complexity index is 621. The molecule has 0 aliphatic carbocycles. The molecule has 2 amide bonds. The minimum absolute atomic E-state index is 0.125. The lowest BCUT2D eigenvalue weighted by atomic mass is 9.92. The van der Waals surface area contributed by atoms with Gasteiger partial charge < -0.3 is 15.1 Å². The predicted octanol–water partition coefficient (Wildman–Crippen LogP) is 2.34. The van der Waals surface area contributed by atoms with Gasteiger partial charge in [0.1, 0.15) is 5.82 Å². The van der Waals surface area contributed by atoms with Gasteiger partial charge in [-0.2, -0.15) is 0 Å². The van der Waals surface area contributed by atoms with Crippen molar-refractivity contribution < 1.29 is 14.0 Å². The molecule has 1 aromatic rings. The van der Waals surface area contributed by atoms with Crippen LogP contribution in [-0.4, -0.2) is 54.8 Å². The number of amides is 2. The summed E-state index contributed by atoms with van der Waals surface area (Å²) in [5.74, 6) is -0.385. The first-order valence-corrected chi connectivity index (χ1v) is 9.07. The highest BCUT2D eigenvalue weighted by Gasteiger charge is 2.32. The molecule has 0 spiro atoms. The second-order valence-corrected chi connectivity index (χ2v) is 7.15. The molecule has 2 fully saturated rings. The van der Waals surface area contributed by atoms with Crippen molar-refractivity contribution in [3.63, 3.8) is 0 Å². The van der Waals surface area contributed by atoms with E-state index < -0.39 is 5.82 Å². The highest BCUT2D eigenvalue weighted by atomic mass is 19.1. The van der Waals surface area contributed by atoms with Crippen LogP contribution in [0, 0.1) is 17.7 Å². The third-order valence-electron chi connectivity index (χ3n) is 5.38. The Balaban J connectivity index is 1.49. The molecular weight excluding hydrogens is 321 g/mol. The summed E-state index contributed by atoms with van der Waals surface area (Å²) in [4.78, 5) is 29.1. The molecule has 0 saturated carbocycles. The Hall–Kier alpha value is -1.95. The summed E-state index contributed by atoms with van der Waals surface area (Å²) >= 11 is 0. The van der Waals surface area contributed by atoms with Crippen molar-refractivity contribution in [3.05, 3.63) is 30.1 Å². The Morgan fingerprint density at radius 1 is 1.00 bits per heavy atom. The third kappa shape index (κ3) is 4.37. The van der Waals surface area contributed by atoms with E-state index in [2.05, 4.69) is 17.3 Å². The van der Waals surface area contributed by atoms with Gasteiger partial charge in [-0.1, -0.05) is 12.1 Å². The molecule has 1 N–H and O–H groups in total. The van der Waals surface area contributed by atoms with Crippen LogP contribution in [0.2, 0.25) is 0 Å². The maximum absolute atomic E-state index is 13.6. The lowest BCUT2D eigenvalue weighted by molar-refractivity contribution is -0.139. The quantitative estimate of drug-likeness (QED) is 0.913. The zero-order valence-electron chi connectivity index (χ0n) is 14.7. The normalized spacial score (nSPS) is 20.5. The SMILES string of the molecule is CN1CCC(C(=O)N2CCC(C(=O)Nc3ccccc3F)CC2)CC1. The van der Waals surface area contributed by atoms with Crippen molar-refractivity contribution in [2.75, 3.05) is 38.5 Å². The summed E-state index contributed by atoms with van der Waals surface area (Å²) in [7, 11) is 2.08. The molecular formula is C19H26FN3O2. The van der Waals surface area contributed by atoms with Crippen molar-refractivity contribution >= 4 is 17.5 Å². The standard InChI is InChI=1S/C19H26FN3O2/c1-22-10-6-15(7-11-22)19(25)23-12-8-14(9-13-23)18(24)21-17-5-3-2-4-16(17)20/h2-5,14-15H,6-13H2,1H3,(H,21,24). The number of para-hydroxylation sites is 1. The number of nitrogens with zero attached hydrogens (tertiary/aromatic N) is 2. The average Bonchev–Trinajstić information content (AvgIpc) is 2.64. The number of benzene rings is 1. The van der Waals surface area contributed by atoms with Crippen LogP contribution in [0.3, 0.4) is 0 Å². The zero-order chi connectivity index (χ0) is 17.8. The Labute approximate surface area is 148 Å². The summed E-state index contributed by atoms with van der Waals surface area (Å²) < 4.78 is 13.6. The largest absolute Gasteiger partial charge is 0.342 e. The first kappa shape index (κ1) is 17.9. The molecule has 0 atom stereocenters. The van der Waals surface area contributed by atoms with E-state index in [1.807, 2.05) is 4.90 Å². The number of hydrogen-bond acceptors (Lipinski definition) is 3. The van der Waals surface area contributed by atoms with Crippen molar-refractivity contribution in [2.45, 2.75) is 25.7 Å². The lowest BCUT2D eigenvalue weighted by Crippen LogP contribution is -2.46. The van der Waals surface area contributed by atoms with Crippen molar-refractivity contribution in [1.29, 1.82) is 0 Å². The van der Waals surface area contributed by atoms with Gasteiger partial charge in [0, 0.05) is 24.9 Å². The van der Waals surface area contributed by atoms with E-state index in [-0.39, 0.29) is 29.3 Å². The maximum atomic E-state index is 13.6. The summed E-state index contributed by atoms with van der Waals surface area (Å²) in [6.07, 6.45) is 3.11. The van der Waals surface area contributed by atoms with Crippen LogP contribution in [0.25, 0.3) is 0 Å². The third-order valence-corrected chi connectivity index (χ3v) is 5.38. The van der Waals surface area contributed by atoms with Gasteiger partial charge in [0.15, 0.2) is 0 Å². The number of piperidine rings is 2. The van der Waals surface area contributed by atoms with Gasteiger partial charge in [-0.3, -0.25) is 9.59 Å². The maximum Gasteiger partial charge on any atom is 0.227 e. The summed E-state index contributed by atoms with van der Waals surface area (Å²) in [6.45, 7) is 3.16. The smallest absolute Gasteiger partial charge is 0.227 e. The molecule has 0 aromatic heterocycles. The van der Waals surface area contributed by atoms with Crippen LogP contribution < -0.4 is 5.32 Å². The van der Waals surface area contributed by atoms with E-state index in [1.165, 1.54) is 6.07 Å². The van der Waals surface area contributed by atoms with Crippen LogP contribution in [0.5, 0.6) is 0 Å². The number of anilines is 1. The molecule has 2 aliphatic rings. The fraction of sp³-hybridized carbons (Fsp3) is 0.579. The van der Waals surface area contributed by atoms with Gasteiger partial charge in [0.05, 0.1) is 5.69 Å². The number of carbonyl (C=O) groups excluding carboxylic acids is 2. The number of nitrogens with one attached hydrogen (secondary N) is 1. The fourth-order valence-electron chi connectivity index (χ4n) is 3.67. The molecule has 0 bridgehead atoms. The Morgan fingerprint density at radius 3 is 2.24 bits per heavy atom. The van der Waals surface area contributed by atoms with Gasteiger partial charge in [-0.15, -0.1) is 0 Å². The molecule has 25 heavy (non-hydrogen) atoms. The highest BCUT2D eigenvalue weighted by molar-refractivity contribution is 5.92. The molecule has 2 saturated heterocycles. The van der Waals surface area contributed by atoms with E-state index in [0.29, 0.717) is 25.9 Å². The Kier molecular flexibility index (Phi) is 5.68. The van der Waals surface area contributed by atoms with Crippen LogP contribution in [0.15, 0.2) is 24.3 Å². The minimum atomic E-state index is -0.425. The van der Waals surface area contributed by atoms with E-state index in [0.717, 1.165) is 25.9 Å². The van der Waals surface area contributed by atoms with Crippen molar-refractivity contribution in [1.82, 2.24) is 9.80 Å². The van der Waals surface area contributed by atoms with Crippen molar-refractivity contribution in [2.24, 2.45) is 11.8 Å². The Morgan fingerprint density at radius 2 is 1.60 bits per heavy atom. The molecule has 0 radical (unpaired) electrons. The van der Waals surface area contributed by atoms with Crippen LogP contribution >= 0.6 is 0 Å². The topological polar surface area (TPSA) is 52.7 Å². The summed E-state index contributed by atoms with van der Waals surface area (Å²) in [6, 6.07) is 6.18.